The van der Waals surface area contributed by atoms with E-state index < -0.39 is 0 Å². The maximum absolute atomic E-state index is 6.07. The van der Waals surface area contributed by atoms with Gasteiger partial charge in [-0.1, -0.05) is 23.2 Å². The van der Waals surface area contributed by atoms with Crippen LogP contribution in [0.5, 0.6) is 5.88 Å². The lowest BCUT2D eigenvalue weighted by Gasteiger charge is -2.35. The van der Waals surface area contributed by atoms with E-state index >= 15 is 0 Å². The maximum atomic E-state index is 6.07. The van der Waals surface area contributed by atoms with E-state index in [1.807, 2.05) is 4.90 Å². The number of ether oxygens (including phenoxy) is 1. The number of aliphatic imine (C=N–C) groups is 1. The fraction of sp³-hybridized carbons (Fsp3) is 0.375. The second kappa shape index (κ2) is 10.7. The molecule has 2 N–H and O–H groups in total. The van der Waals surface area contributed by atoms with Crippen molar-refractivity contribution in [3.8, 4) is 5.88 Å². The molecule has 0 unspecified atom stereocenters. The summed E-state index contributed by atoms with van der Waals surface area (Å²) in [6, 6.07) is 3.39. The summed E-state index contributed by atoms with van der Waals surface area (Å²) in [4.78, 5) is 21.1. The molecule has 0 bridgehead atoms. The smallest absolute Gasteiger partial charge is 0.232 e. The van der Waals surface area contributed by atoms with Crippen molar-refractivity contribution in [2.24, 2.45) is 10.7 Å². The molecule has 0 atom stereocenters. The Balaban J connectivity index is 0.00000261. The van der Waals surface area contributed by atoms with Crippen molar-refractivity contribution < 1.29 is 4.74 Å². The molecule has 1 saturated heterocycles. The van der Waals surface area contributed by atoms with Gasteiger partial charge in [0.15, 0.2) is 5.96 Å². The Hall–Kier alpha value is -1.59. The number of halogens is 3. The SMILES string of the molecule is I.NC(=NCCOc1ncc(Cl)cc1Cl)N1CCN(c2ncccn2)CC1. The molecule has 11 heteroatoms. The van der Waals surface area contributed by atoms with Gasteiger partial charge in [0.25, 0.3) is 0 Å². The number of piperazine rings is 1. The molecule has 1 aliphatic rings. The van der Waals surface area contributed by atoms with E-state index in [1.54, 1.807) is 24.5 Å². The molecule has 0 aromatic carbocycles. The van der Waals surface area contributed by atoms with Crippen LogP contribution in [0.4, 0.5) is 5.95 Å². The molecule has 0 radical (unpaired) electrons. The van der Waals surface area contributed by atoms with Crippen molar-refractivity contribution in [1.29, 1.82) is 0 Å². The van der Waals surface area contributed by atoms with Crippen LogP contribution in [0.25, 0.3) is 0 Å². The number of anilines is 1. The van der Waals surface area contributed by atoms with Gasteiger partial charge in [0.2, 0.25) is 11.8 Å². The van der Waals surface area contributed by atoms with Crippen LogP contribution < -0.4 is 15.4 Å². The summed E-state index contributed by atoms with van der Waals surface area (Å²) in [5.41, 5.74) is 6.07. The fourth-order valence-electron chi connectivity index (χ4n) is 2.50. The van der Waals surface area contributed by atoms with Crippen molar-refractivity contribution in [1.82, 2.24) is 19.9 Å². The van der Waals surface area contributed by atoms with E-state index in [9.17, 15) is 0 Å². The lowest BCUT2D eigenvalue weighted by atomic mass is 10.3. The topological polar surface area (TPSA) is 92.8 Å². The van der Waals surface area contributed by atoms with E-state index in [0.29, 0.717) is 35.0 Å². The Labute approximate surface area is 184 Å². The van der Waals surface area contributed by atoms with Crippen LogP contribution in [0.15, 0.2) is 35.7 Å². The predicted octanol–water partition coefficient (Wildman–Crippen LogP) is 2.31. The molecule has 3 heterocycles. The average Bonchev–Trinajstić information content (AvgIpc) is 2.67. The Bertz CT molecular complexity index is 758. The van der Waals surface area contributed by atoms with Crippen LogP contribution in [0.2, 0.25) is 10.0 Å². The van der Waals surface area contributed by atoms with Gasteiger partial charge in [0.05, 0.1) is 11.6 Å². The Kier molecular flexibility index (Phi) is 8.58. The molecule has 3 rings (SSSR count). The Morgan fingerprint density at radius 1 is 1.15 bits per heavy atom. The molecule has 27 heavy (non-hydrogen) atoms. The molecule has 2 aromatic rings. The molecule has 0 spiro atoms. The second-order valence-electron chi connectivity index (χ2n) is 5.55. The largest absolute Gasteiger partial charge is 0.475 e. The summed E-state index contributed by atoms with van der Waals surface area (Å²) in [5.74, 6) is 1.57. The van der Waals surface area contributed by atoms with Crippen LogP contribution >= 0.6 is 47.2 Å². The molecule has 1 aliphatic heterocycles. The Morgan fingerprint density at radius 2 is 1.85 bits per heavy atom. The van der Waals surface area contributed by atoms with Crippen molar-refractivity contribution >= 4 is 59.1 Å². The number of hydrogen-bond donors (Lipinski definition) is 1. The van der Waals surface area contributed by atoms with E-state index in [4.69, 9.17) is 33.7 Å². The zero-order chi connectivity index (χ0) is 18.4. The van der Waals surface area contributed by atoms with Crippen molar-refractivity contribution in [3.05, 3.63) is 40.8 Å². The lowest BCUT2D eigenvalue weighted by Crippen LogP contribution is -2.51. The molecule has 0 aliphatic carbocycles. The average molecular weight is 524 g/mol. The summed E-state index contributed by atoms with van der Waals surface area (Å²) in [5, 5.41) is 0.832. The highest BCUT2D eigenvalue weighted by molar-refractivity contribution is 14.0. The van der Waals surface area contributed by atoms with Gasteiger partial charge in [-0.3, -0.25) is 0 Å². The minimum atomic E-state index is 0. The number of rotatable bonds is 5. The van der Waals surface area contributed by atoms with Gasteiger partial charge in [-0.2, -0.15) is 0 Å². The third-order valence-corrected chi connectivity index (χ3v) is 4.29. The first-order chi connectivity index (χ1) is 12.6. The molecular formula is C16H20Cl2IN7O. The third kappa shape index (κ3) is 6.22. The zero-order valence-corrected chi connectivity index (χ0v) is 18.3. The molecule has 0 saturated carbocycles. The normalized spacial score (nSPS) is 14.7. The van der Waals surface area contributed by atoms with E-state index in [0.717, 1.165) is 32.1 Å². The first-order valence-corrected chi connectivity index (χ1v) is 8.90. The van der Waals surface area contributed by atoms with Crippen molar-refractivity contribution in [2.45, 2.75) is 0 Å². The van der Waals surface area contributed by atoms with E-state index in [-0.39, 0.29) is 24.0 Å². The quantitative estimate of drug-likeness (QED) is 0.278. The van der Waals surface area contributed by atoms with Crippen LogP contribution in [-0.4, -0.2) is 65.1 Å². The molecule has 0 amide bonds. The van der Waals surface area contributed by atoms with Gasteiger partial charge in [-0.25, -0.2) is 19.9 Å². The zero-order valence-electron chi connectivity index (χ0n) is 14.5. The standard InChI is InChI=1S/C16H19Cl2N7O.HI/c17-12-10-13(18)14(23-11-12)26-9-4-20-15(19)24-5-7-25(8-6-24)16-21-2-1-3-22-16;/h1-3,10-11H,4-9H2,(H2,19,20);1H. The van der Waals surface area contributed by atoms with Crippen molar-refractivity contribution in [2.75, 3.05) is 44.2 Å². The predicted molar refractivity (Wildman–Crippen MR) is 117 cm³/mol. The van der Waals surface area contributed by atoms with Gasteiger partial charge >= 0.3 is 0 Å². The number of hydrogen-bond acceptors (Lipinski definition) is 6. The summed E-state index contributed by atoms with van der Waals surface area (Å²) < 4.78 is 5.50. The molecule has 1 fully saturated rings. The van der Waals surface area contributed by atoms with Gasteiger partial charge < -0.3 is 20.3 Å². The highest BCUT2D eigenvalue weighted by Gasteiger charge is 2.19. The molecule has 146 valence electrons. The molecular weight excluding hydrogens is 504 g/mol. The number of nitrogens with zero attached hydrogens (tertiary/aromatic N) is 6. The highest BCUT2D eigenvalue weighted by atomic mass is 127. The Morgan fingerprint density at radius 3 is 2.52 bits per heavy atom. The monoisotopic (exact) mass is 523 g/mol. The minimum Gasteiger partial charge on any atom is -0.475 e. The second-order valence-corrected chi connectivity index (χ2v) is 6.40. The maximum Gasteiger partial charge on any atom is 0.232 e. The third-order valence-electron chi connectivity index (χ3n) is 3.82. The molecule has 2 aromatic heterocycles. The summed E-state index contributed by atoms with van der Waals surface area (Å²) in [7, 11) is 0. The van der Waals surface area contributed by atoms with Crippen LogP contribution in [-0.2, 0) is 0 Å². The number of nitrogens with two attached hydrogens (primary N) is 1. The number of guanidine groups is 1. The summed E-state index contributed by atoms with van der Waals surface area (Å²) >= 11 is 11.8. The van der Waals surface area contributed by atoms with E-state index in [1.165, 1.54) is 6.20 Å². The van der Waals surface area contributed by atoms with Crippen molar-refractivity contribution in [3.63, 3.8) is 0 Å². The van der Waals surface area contributed by atoms with Gasteiger partial charge in [-0.15, -0.1) is 24.0 Å². The summed E-state index contributed by atoms with van der Waals surface area (Å²) in [6.07, 6.45) is 4.97. The first kappa shape index (κ1) is 21.7. The molecule has 8 nitrogen and oxygen atoms in total. The number of pyridine rings is 1. The fourth-order valence-corrected chi connectivity index (χ4v) is 2.94. The lowest BCUT2D eigenvalue weighted by molar-refractivity contribution is 0.314. The van der Waals surface area contributed by atoms with Gasteiger partial charge in [0.1, 0.15) is 11.6 Å². The first-order valence-electron chi connectivity index (χ1n) is 8.14. The van der Waals surface area contributed by atoms with E-state index in [2.05, 4.69) is 24.8 Å². The van der Waals surface area contributed by atoms with Crippen LogP contribution in [0.1, 0.15) is 0 Å². The van der Waals surface area contributed by atoms with Gasteiger partial charge in [-0.05, 0) is 12.1 Å². The number of aromatic nitrogens is 3. The van der Waals surface area contributed by atoms with Crippen LogP contribution in [0, 0.1) is 0 Å². The minimum absolute atomic E-state index is 0. The van der Waals surface area contributed by atoms with Gasteiger partial charge in [0, 0.05) is 44.8 Å². The highest BCUT2D eigenvalue weighted by Crippen LogP contribution is 2.24. The van der Waals surface area contributed by atoms with Crippen LogP contribution in [0.3, 0.4) is 0 Å². The summed E-state index contributed by atoms with van der Waals surface area (Å²) in [6.45, 7) is 3.85.